The van der Waals surface area contributed by atoms with Gasteiger partial charge in [-0.2, -0.15) is 0 Å². The highest BCUT2D eigenvalue weighted by Gasteiger charge is 2.26. The van der Waals surface area contributed by atoms with Gasteiger partial charge in [-0.25, -0.2) is 0 Å². The molecule has 0 saturated carbocycles. The summed E-state index contributed by atoms with van der Waals surface area (Å²) in [5.74, 6) is 0. The zero-order chi connectivity index (χ0) is 10.7. The Morgan fingerprint density at radius 2 is 1.64 bits per heavy atom. The zero-order valence-corrected chi connectivity index (χ0v) is 6.99. The molecule has 0 aliphatic heterocycles. The van der Waals surface area contributed by atoms with Gasteiger partial charge in [0.1, 0.15) is 0 Å². The highest BCUT2D eigenvalue weighted by atomic mass is 16.6. The van der Waals surface area contributed by atoms with Crippen molar-refractivity contribution in [1.29, 1.82) is 0 Å². The number of hydrogen-bond donors (Lipinski definition) is 1. The summed E-state index contributed by atoms with van der Waals surface area (Å²) in [5, 5.41) is 29.3. The first-order valence-electron chi connectivity index (χ1n) is 3.65. The Bertz CT molecular complexity index is 340. The predicted molar refractivity (Wildman–Crippen MR) is 44.8 cm³/mol. The van der Waals surface area contributed by atoms with Crippen LogP contribution in [0.2, 0.25) is 0 Å². The first kappa shape index (κ1) is 10.1. The summed E-state index contributed by atoms with van der Waals surface area (Å²) >= 11 is 0. The lowest BCUT2D eigenvalue weighted by Crippen LogP contribution is -1.98. The Labute approximate surface area is 77.7 Å². The summed E-state index contributed by atoms with van der Waals surface area (Å²) in [6, 6.07) is 0. The van der Waals surface area contributed by atoms with Crippen LogP contribution in [0.1, 0.15) is 0 Å². The van der Waals surface area contributed by atoms with Crippen molar-refractivity contribution >= 4 is 11.4 Å². The Kier molecular flexibility index (Phi) is 2.77. The molecule has 0 fully saturated rings. The van der Waals surface area contributed by atoms with Crippen molar-refractivity contribution in [3.8, 4) is 0 Å². The second-order valence-corrected chi connectivity index (χ2v) is 2.50. The quantitative estimate of drug-likeness (QED) is 0.556. The third kappa shape index (κ3) is 1.85. The van der Waals surface area contributed by atoms with E-state index < -0.39 is 21.2 Å². The fourth-order valence-electron chi connectivity index (χ4n) is 1.01. The molecule has 0 aliphatic carbocycles. The molecule has 0 unspecified atom stereocenters. The molecule has 1 heterocycles. The molecule has 8 nitrogen and oxygen atoms in total. The van der Waals surface area contributed by atoms with E-state index in [-0.39, 0.29) is 13.2 Å². The molecule has 0 atom stereocenters. The average Bonchev–Trinajstić information content (AvgIpc) is 2.49. The molecule has 1 rings (SSSR count). The van der Waals surface area contributed by atoms with Crippen molar-refractivity contribution in [2.75, 3.05) is 6.61 Å². The molecule has 14 heavy (non-hydrogen) atoms. The van der Waals surface area contributed by atoms with Gasteiger partial charge in [0.15, 0.2) is 0 Å². The first-order chi connectivity index (χ1) is 6.56. The van der Waals surface area contributed by atoms with E-state index in [1.54, 1.807) is 0 Å². The molecule has 1 aromatic rings. The summed E-state index contributed by atoms with van der Waals surface area (Å²) in [6.07, 6.45) is 2.04. The van der Waals surface area contributed by atoms with Gasteiger partial charge in [0, 0.05) is 6.54 Å². The topological polar surface area (TPSA) is 111 Å². The van der Waals surface area contributed by atoms with Crippen LogP contribution in [0.4, 0.5) is 11.4 Å². The third-order valence-corrected chi connectivity index (χ3v) is 1.59. The van der Waals surface area contributed by atoms with Crippen molar-refractivity contribution in [3.63, 3.8) is 0 Å². The van der Waals surface area contributed by atoms with Gasteiger partial charge in [0.25, 0.3) is 0 Å². The van der Waals surface area contributed by atoms with Gasteiger partial charge in [-0.15, -0.1) is 0 Å². The smallest absolute Gasteiger partial charge is 0.363 e. The number of nitrogens with zero attached hydrogens (tertiary/aromatic N) is 3. The summed E-state index contributed by atoms with van der Waals surface area (Å²) in [5.41, 5.74) is -1.13. The zero-order valence-electron chi connectivity index (χ0n) is 6.99. The third-order valence-electron chi connectivity index (χ3n) is 1.59. The van der Waals surface area contributed by atoms with E-state index in [1.165, 1.54) is 4.57 Å². The van der Waals surface area contributed by atoms with Gasteiger partial charge >= 0.3 is 11.4 Å². The maximum atomic E-state index is 10.4. The average molecular weight is 201 g/mol. The molecule has 1 N–H and O–H groups in total. The van der Waals surface area contributed by atoms with Crippen LogP contribution in [0, 0.1) is 20.2 Å². The second-order valence-electron chi connectivity index (χ2n) is 2.50. The lowest BCUT2D eigenvalue weighted by Gasteiger charge is -1.93. The molecular weight excluding hydrogens is 194 g/mol. The van der Waals surface area contributed by atoms with Gasteiger partial charge < -0.3 is 9.67 Å². The fourth-order valence-corrected chi connectivity index (χ4v) is 1.01. The highest BCUT2D eigenvalue weighted by molar-refractivity contribution is 5.50. The maximum Gasteiger partial charge on any atom is 0.363 e. The summed E-state index contributed by atoms with van der Waals surface area (Å²) in [4.78, 5) is 19.1. The molecule has 0 amide bonds. The Morgan fingerprint density at radius 1 is 1.21 bits per heavy atom. The lowest BCUT2D eigenvalue weighted by molar-refractivity contribution is -0.421. The van der Waals surface area contributed by atoms with Gasteiger partial charge in [-0.05, 0) is 0 Å². The van der Waals surface area contributed by atoms with Crippen LogP contribution >= 0.6 is 0 Å². The second kappa shape index (κ2) is 3.83. The monoisotopic (exact) mass is 201 g/mol. The van der Waals surface area contributed by atoms with E-state index >= 15 is 0 Å². The highest BCUT2D eigenvalue weighted by Crippen LogP contribution is 2.27. The molecule has 0 aliphatic rings. The maximum absolute atomic E-state index is 10.4. The number of nitro groups is 2. The van der Waals surface area contributed by atoms with E-state index in [0.717, 1.165) is 12.4 Å². The summed E-state index contributed by atoms with van der Waals surface area (Å²) in [7, 11) is 0. The first-order valence-corrected chi connectivity index (χ1v) is 3.65. The van der Waals surface area contributed by atoms with E-state index in [0.29, 0.717) is 0 Å². The summed E-state index contributed by atoms with van der Waals surface area (Å²) in [6.45, 7) is -0.141. The number of aromatic nitrogens is 1. The van der Waals surface area contributed by atoms with Crippen LogP contribution in [0.5, 0.6) is 0 Å². The normalized spacial score (nSPS) is 10.1. The molecule has 8 heteroatoms. The van der Waals surface area contributed by atoms with Gasteiger partial charge in [0.2, 0.25) is 0 Å². The minimum atomic E-state index is -0.827. The minimum absolute atomic E-state index is 0.0919. The van der Waals surface area contributed by atoms with Crippen molar-refractivity contribution < 1.29 is 15.0 Å². The van der Waals surface area contributed by atoms with Crippen LogP contribution in [0.3, 0.4) is 0 Å². The van der Waals surface area contributed by atoms with E-state index in [2.05, 4.69) is 0 Å². The molecular formula is C6H7N3O5. The van der Waals surface area contributed by atoms with Gasteiger partial charge in [-0.1, -0.05) is 0 Å². The SMILES string of the molecule is O=[N+]([O-])c1cn(CCO)cc1[N+](=O)[O-]. The van der Waals surface area contributed by atoms with Crippen molar-refractivity contribution in [1.82, 2.24) is 4.57 Å². The molecule has 0 radical (unpaired) electrons. The van der Waals surface area contributed by atoms with Crippen LogP contribution in [0.15, 0.2) is 12.4 Å². The van der Waals surface area contributed by atoms with Gasteiger partial charge in [-0.3, -0.25) is 20.2 Å². The van der Waals surface area contributed by atoms with E-state index in [1.807, 2.05) is 0 Å². The summed E-state index contributed by atoms with van der Waals surface area (Å²) < 4.78 is 1.20. The number of hydrogen-bond acceptors (Lipinski definition) is 5. The van der Waals surface area contributed by atoms with Crippen molar-refractivity contribution in [2.24, 2.45) is 0 Å². The van der Waals surface area contributed by atoms with E-state index in [9.17, 15) is 20.2 Å². The predicted octanol–water partition coefficient (Wildman–Crippen LogP) is 0.297. The lowest BCUT2D eigenvalue weighted by atomic mass is 10.5. The number of aliphatic hydroxyl groups is 1. The van der Waals surface area contributed by atoms with E-state index in [4.69, 9.17) is 5.11 Å². The molecule has 0 bridgehead atoms. The Morgan fingerprint density at radius 3 is 1.93 bits per heavy atom. The van der Waals surface area contributed by atoms with Crippen molar-refractivity contribution in [3.05, 3.63) is 32.6 Å². The molecule has 1 aromatic heterocycles. The van der Waals surface area contributed by atoms with Crippen LogP contribution in [-0.2, 0) is 6.54 Å². The standard InChI is InChI=1S/C6H7N3O5/c10-2-1-7-3-5(8(11)12)6(4-7)9(13)14/h3-4,10H,1-2H2. The minimum Gasteiger partial charge on any atom is -0.395 e. The van der Waals surface area contributed by atoms with Crippen molar-refractivity contribution in [2.45, 2.75) is 6.54 Å². The number of rotatable bonds is 4. The molecule has 0 saturated heterocycles. The van der Waals surface area contributed by atoms with Crippen LogP contribution in [0.25, 0.3) is 0 Å². The van der Waals surface area contributed by atoms with Crippen LogP contribution < -0.4 is 0 Å². The van der Waals surface area contributed by atoms with Gasteiger partial charge in [0.05, 0.1) is 28.8 Å². The van der Waals surface area contributed by atoms with Crippen LogP contribution in [-0.4, -0.2) is 26.1 Å². The molecule has 0 aromatic carbocycles. The Hall–Kier alpha value is -1.96. The largest absolute Gasteiger partial charge is 0.395 e. The molecule has 0 spiro atoms. The Balaban J connectivity index is 3.12. The number of aliphatic hydroxyl groups excluding tert-OH is 1. The fraction of sp³-hybridized carbons (Fsp3) is 0.333. The molecule has 76 valence electrons.